The van der Waals surface area contributed by atoms with Gasteiger partial charge in [0.2, 0.25) is 0 Å². The van der Waals surface area contributed by atoms with Crippen molar-refractivity contribution in [3.05, 3.63) is 35.9 Å². The van der Waals surface area contributed by atoms with Gasteiger partial charge in [0.05, 0.1) is 0 Å². The van der Waals surface area contributed by atoms with Crippen LogP contribution in [0.15, 0.2) is 34.9 Å². The molecule has 0 saturated heterocycles. The Morgan fingerprint density at radius 1 is 1.25 bits per heavy atom. The van der Waals surface area contributed by atoms with Crippen LogP contribution < -0.4 is 5.73 Å². The first kappa shape index (κ1) is 9.46. The maximum atomic E-state index is 5.55. The molecule has 2 aromatic rings. The van der Waals surface area contributed by atoms with Crippen molar-refractivity contribution in [3.63, 3.8) is 0 Å². The fourth-order valence-electron chi connectivity index (χ4n) is 2.11. The van der Waals surface area contributed by atoms with Crippen LogP contribution in [0.4, 0.5) is 5.82 Å². The Kier molecular flexibility index (Phi) is 2.17. The lowest BCUT2D eigenvalue weighted by Crippen LogP contribution is -2.08. The molecule has 1 aliphatic carbocycles. The first-order valence-electron chi connectivity index (χ1n) is 5.65. The molecular formula is C13H14N2O. The Labute approximate surface area is 94.2 Å². The van der Waals surface area contributed by atoms with Crippen molar-refractivity contribution < 1.29 is 4.52 Å². The molecule has 1 aromatic carbocycles. The van der Waals surface area contributed by atoms with Gasteiger partial charge >= 0.3 is 0 Å². The van der Waals surface area contributed by atoms with Crippen LogP contribution in [0.5, 0.6) is 0 Å². The summed E-state index contributed by atoms with van der Waals surface area (Å²) in [5, 5.41) is 3.70. The van der Waals surface area contributed by atoms with E-state index in [0.29, 0.717) is 5.82 Å². The second-order valence-electron chi connectivity index (χ2n) is 4.37. The van der Waals surface area contributed by atoms with Gasteiger partial charge in [-0.1, -0.05) is 29.8 Å². The summed E-state index contributed by atoms with van der Waals surface area (Å²) >= 11 is 0. The second-order valence-corrected chi connectivity index (χ2v) is 4.37. The molecule has 1 saturated carbocycles. The van der Waals surface area contributed by atoms with Crippen molar-refractivity contribution in [1.29, 1.82) is 0 Å². The van der Waals surface area contributed by atoms with Gasteiger partial charge in [0.25, 0.3) is 0 Å². The zero-order valence-electron chi connectivity index (χ0n) is 9.02. The molecule has 82 valence electrons. The molecule has 1 heterocycles. The predicted octanol–water partition coefficient (Wildman–Crippen LogP) is 3.19. The Morgan fingerprint density at radius 2 is 2.12 bits per heavy atom. The van der Waals surface area contributed by atoms with Gasteiger partial charge < -0.3 is 10.3 Å². The van der Waals surface area contributed by atoms with Gasteiger partial charge in [-0.3, -0.25) is 0 Å². The van der Waals surface area contributed by atoms with Crippen molar-refractivity contribution in [2.45, 2.75) is 25.2 Å². The van der Waals surface area contributed by atoms with Crippen molar-refractivity contribution in [1.82, 2.24) is 5.16 Å². The van der Waals surface area contributed by atoms with E-state index in [9.17, 15) is 0 Å². The third kappa shape index (κ3) is 1.58. The number of nitrogens with zero attached hydrogens (tertiary/aromatic N) is 1. The Morgan fingerprint density at radius 3 is 2.75 bits per heavy atom. The van der Waals surface area contributed by atoms with Crippen LogP contribution in [-0.2, 0) is 0 Å². The van der Waals surface area contributed by atoms with Crippen molar-refractivity contribution in [2.24, 2.45) is 0 Å². The van der Waals surface area contributed by atoms with Gasteiger partial charge in [0.15, 0.2) is 11.6 Å². The summed E-state index contributed by atoms with van der Waals surface area (Å²) in [7, 11) is 0. The Bertz CT molecular complexity index is 500. The summed E-state index contributed by atoms with van der Waals surface area (Å²) < 4.78 is 5.16. The molecular weight excluding hydrogens is 200 g/mol. The van der Waals surface area contributed by atoms with Crippen LogP contribution in [0.3, 0.4) is 0 Å². The molecule has 0 atom stereocenters. The van der Waals surface area contributed by atoms with E-state index in [1.165, 1.54) is 24.8 Å². The van der Waals surface area contributed by atoms with Gasteiger partial charge in [-0.25, -0.2) is 0 Å². The number of hydrogen-bond donors (Lipinski definition) is 1. The number of benzene rings is 1. The number of anilines is 1. The van der Waals surface area contributed by atoms with Crippen molar-refractivity contribution in [2.75, 3.05) is 5.73 Å². The molecule has 1 aromatic heterocycles. The number of nitrogen functional groups attached to an aromatic ring is 1. The Hall–Kier alpha value is -1.77. The monoisotopic (exact) mass is 214 g/mol. The van der Waals surface area contributed by atoms with E-state index in [1.54, 1.807) is 6.07 Å². The third-order valence-electron chi connectivity index (χ3n) is 3.28. The summed E-state index contributed by atoms with van der Waals surface area (Å²) in [5.74, 6) is 1.92. The number of aromatic nitrogens is 1. The minimum Gasteiger partial charge on any atom is -0.381 e. The summed E-state index contributed by atoms with van der Waals surface area (Å²) in [4.78, 5) is 0. The molecule has 16 heavy (non-hydrogen) atoms. The van der Waals surface area contributed by atoms with E-state index < -0.39 is 0 Å². The van der Waals surface area contributed by atoms with Crippen LogP contribution in [0.25, 0.3) is 11.3 Å². The number of nitrogens with two attached hydrogens (primary N) is 1. The van der Waals surface area contributed by atoms with Crippen LogP contribution in [0.1, 0.15) is 30.7 Å². The van der Waals surface area contributed by atoms with Gasteiger partial charge in [0, 0.05) is 11.6 Å². The van der Waals surface area contributed by atoms with Gasteiger partial charge in [-0.15, -0.1) is 0 Å². The summed E-state index contributed by atoms with van der Waals surface area (Å²) in [6.45, 7) is 0. The van der Waals surface area contributed by atoms with Crippen LogP contribution in [0, 0.1) is 0 Å². The first-order chi connectivity index (χ1) is 7.83. The number of rotatable bonds is 2. The van der Waals surface area contributed by atoms with Crippen LogP contribution in [0.2, 0.25) is 0 Å². The van der Waals surface area contributed by atoms with Crippen LogP contribution >= 0.6 is 0 Å². The molecule has 0 bridgehead atoms. The molecule has 2 N–H and O–H groups in total. The standard InChI is InChI=1S/C13H14N2O/c14-13-8-12(16-15-13)11-6-2-5-10(7-11)9-3-1-4-9/h2,5-9H,1,3-4H2,(H2,14,15). The van der Waals surface area contributed by atoms with E-state index in [-0.39, 0.29) is 0 Å². The van der Waals surface area contributed by atoms with Crippen molar-refractivity contribution >= 4 is 5.82 Å². The van der Waals surface area contributed by atoms with Crippen molar-refractivity contribution in [3.8, 4) is 11.3 Å². The molecule has 0 aliphatic heterocycles. The largest absolute Gasteiger partial charge is 0.381 e. The highest BCUT2D eigenvalue weighted by molar-refractivity contribution is 5.61. The molecule has 1 fully saturated rings. The maximum Gasteiger partial charge on any atom is 0.169 e. The minimum absolute atomic E-state index is 0.434. The molecule has 3 rings (SSSR count). The normalized spacial score (nSPS) is 16.0. The lowest BCUT2D eigenvalue weighted by molar-refractivity contribution is 0.419. The highest BCUT2D eigenvalue weighted by Gasteiger charge is 2.19. The average Bonchev–Trinajstić information content (AvgIpc) is 2.63. The molecule has 0 unspecified atom stereocenters. The molecule has 3 nitrogen and oxygen atoms in total. The van der Waals surface area contributed by atoms with E-state index in [4.69, 9.17) is 10.3 Å². The van der Waals surface area contributed by atoms with Gasteiger partial charge in [-0.05, 0) is 30.4 Å². The second kappa shape index (κ2) is 3.67. The quantitative estimate of drug-likeness (QED) is 0.835. The number of hydrogen-bond acceptors (Lipinski definition) is 3. The molecule has 3 heteroatoms. The molecule has 0 radical (unpaired) electrons. The van der Waals surface area contributed by atoms with Gasteiger partial charge in [-0.2, -0.15) is 0 Å². The lowest BCUT2D eigenvalue weighted by Gasteiger charge is -2.25. The third-order valence-corrected chi connectivity index (χ3v) is 3.28. The summed E-state index contributed by atoms with van der Waals surface area (Å²) in [6.07, 6.45) is 3.97. The molecule has 0 amide bonds. The zero-order chi connectivity index (χ0) is 11.0. The summed E-state index contributed by atoms with van der Waals surface area (Å²) in [5.41, 5.74) is 8.01. The fourth-order valence-corrected chi connectivity index (χ4v) is 2.11. The molecule has 0 spiro atoms. The highest BCUT2D eigenvalue weighted by Crippen LogP contribution is 2.37. The SMILES string of the molecule is Nc1cc(-c2cccc(C3CCC3)c2)on1. The topological polar surface area (TPSA) is 52.0 Å². The summed E-state index contributed by atoms with van der Waals surface area (Å²) in [6, 6.07) is 10.2. The predicted molar refractivity (Wildman–Crippen MR) is 62.9 cm³/mol. The van der Waals surface area contributed by atoms with Gasteiger partial charge in [0.1, 0.15) is 0 Å². The highest BCUT2D eigenvalue weighted by atomic mass is 16.5. The van der Waals surface area contributed by atoms with E-state index in [0.717, 1.165) is 17.2 Å². The smallest absolute Gasteiger partial charge is 0.169 e. The van der Waals surface area contributed by atoms with E-state index >= 15 is 0 Å². The minimum atomic E-state index is 0.434. The maximum absolute atomic E-state index is 5.55. The van der Waals surface area contributed by atoms with Crippen LogP contribution in [-0.4, -0.2) is 5.16 Å². The average molecular weight is 214 g/mol. The first-order valence-corrected chi connectivity index (χ1v) is 5.65. The molecule has 1 aliphatic rings. The lowest BCUT2D eigenvalue weighted by atomic mass is 9.79. The fraction of sp³-hybridized carbons (Fsp3) is 0.308. The van der Waals surface area contributed by atoms with E-state index in [2.05, 4.69) is 23.4 Å². The van der Waals surface area contributed by atoms with E-state index in [1.807, 2.05) is 6.07 Å². The zero-order valence-corrected chi connectivity index (χ0v) is 9.02. The Balaban J connectivity index is 1.95.